The Bertz CT molecular complexity index is 773. The molecule has 3 heterocycles. The summed E-state index contributed by atoms with van der Waals surface area (Å²) in [5.41, 5.74) is 3.58. The number of fused-ring (bicyclic) bond motifs is 3. The Labute approximate surface area is 130 Å². The van der Waals surface area contributed by atoms with E-state index in [-0.39, 0.29) is 11.6 Å². The van der Waals surface area contributed by atoms with E-state index in [4.69, 9.17) is 0 Å². The number of likely N-dealkylation sites (tertiary alicyclic amines) is 1. The van der Waals surface area contributed by atoms with Crippen molar-refractivity contribution in [3.05, 3.63) is 27.7 Å². The quantitative estimate of drug-likeness (QED) is 0.807. The van der Waals surface area contributed by atoms with Crippen LogP contribution in [-0.4, -0.2) is 39.4 Å². The van der Waals surface area contributed by atoms with Crippen molar-refractivity contribution in [3.8, 4) is 0 Å². The number of rotatable bonds is 1. The molecule has 0 aromatic carbocycles. The van der Waals surface area contributed by atoms with E-state index < -0.39 is 0 Å². The summed E-state index contributed by atoms with van der Waals surface area (Å²) in [5.74, 6) is 0. The molecule has 2 aromatic rings. The van der Waals surface area contributed by atoms with Gasteiger partial charge in [0.2, 0.25) is 0 Å². The van der Waals surface area contributed by atoms with Crippen LogP contribution in [0.1, 0.15) is 42.9 Å². The molecule has 4 rings (SSSR count). The van der Waals surface area contributed by atoms with Crippen LogP contribution in [0.25, 0.3) is 11.0 Å². The van der Waals surface area contributed by atoms with E-state index in [0.717, 1.165) is 56.4 Å². The van der Waals surface area contributed by atoms with Crippen molar-refractivity contribution in [2.45, 2.75) is 44.6 Å². The first-order chi connectivity index (χ1) is 10.7. The van der Waals surface area contributed by atoms with Crippen molar-refractivity contribution in [1.29, 1.82) is 0 Å². The predicted molar refractivity (Wildman–Crippen MR) is 87.4 cm³/mol. The van der Waals surface area contributed by atoms with Gasteiger partial charge in [0.25, 0.3) is 5.56 Å². The smallest absolute Gasteiger partial charge is 0.255 e. The largest absolute Gasteiger partial charge is 0.304 e. The Balaban J connectivity index is 1.98. The highest BCUT2D eigenvalue weighted by molar-refractivity contribution is 5.80. The summed E-state index contributed by atoms with van der Waals surface area (Å²) in [5, 5.41) is 5.66. The molecule has 5 nitrogen and oxygen atoms in total. The lowest BCUT2D eigenvalue weighted by molar-refractivity contribution is 0.211. The third-order valence-corrected chi connectivity index (χ3v) is 5.37. The molecule has 118 valence electrons. The molecule has 0 bridgehead atoms. The van der Waals surface area contributed by atoms with Gasteiger partial charge in [0.15, 0.2) is 0 Å². The van der Waals surface area contributed by atoms with Crippen molar-refractivity contribution < 1.29 is 0 Å². The Hall–Kier alpha value is -1.62. The van der Waals surface area contributed by atoms with Crippen LogP contribution in [0.15, 0.2) is 11.0 Å². The molecule has 1 unspecified atom stereocenters. The van der Waals surface area contributed by atoms with Gasteiger partial charge in [-0.25, -0.2) is 0 Å². The number of hydrogen-bond donors (Lipinski definition) is 0. The molecule has 2 aliphatic rings. The normalized spacial score (nSPS) is 22.9. The third-order valence-electron chi connectivity index (χ3n) is 5.37. The fourth-order valence-corrected chi connectivity index (χ4v) is 4.30. The molecule has 0 saturated carbocycles. The summed E-state index contributed by atoms with van der Waals surface area (Å²) < 4.78 is 3.95. The summed E-state index contributed by atoms with van der Waals surface area (Å²) in [6.07, 6.45) is 8.49. The van der Waals surface area contributed by atoms with Gasteiger partial charge in [-0.05, 0) is 57.7 Å². The van der Waals surface area contributed by atoms with Crippen molar-refractivity contribution in [2.75, 3.05) is 20.1 Å². The van der Waals surface area contributed by atoms with E-state index in [9.17, 15) is 4.79 Å². The third kappa shape index (κ3) is 2.02. The Kier molecular flexibility index (Phi) is 3.33. The van der Waals surface area contributed by atoms with Crippen LogP contribution in [0.5, 0.6) is 0 Å². The average Bonchev–Trinajstić information content (AvgIpc) is 2.90. The molecule has 1 atom stereocenters. The Morgan fingerprint density at radius 3 is 2.68 bits per heavy atom. The second-order valence-electron chi connectivity index (χ2n) is 6.90. The van der Waals surface area contributed by atoms with Gasteiger partial charge >= 0.3 is 0 Å². The average molecular weight is 300 g/mol. The van der Waals surface area contributed by atoms with E-state index >= 15 is 0 Å². The van der Waals surface area contributed by atoms with E-state index in [1.807, 2.05) is 17.9 Å². The zero-order valence-electron chi connectivity index (χ0n) is 13.5. The van der Waals surface area contributed by atoms with Gasteiger partial charge in [0.1, 0.15) is 5.65 Å². The molecule has 5 heteroatoms. The van der Waals surface area contributed by atoms with Crippen LogP contribution in [-0.2, 0) is 19.9 Å². The molecule has 0 N–H and O–H groups in total. The minimum absolute atomic E-state index is 0.242. The number of aromatic nitrogens is 3. The van der Waals surface area contributed by atoms with Crippen molar-refractivity contribution in [1.82, 2.24) is 19.2 Å². The summed E-state index contributed by atoms with van der Waals surface area (Å²) in [6, 6.07) is 0.274. The number of likely N-dealkylation sites (N-methyl/N-ethyl adjacent to an activating group) is 1. The lowest BCUT2D eigenvalue weighted by Gasteiger charge is -2.32. The highest BCUT2D eigenvalue weighted by Gasteiger charge is 2.27. The standard InChI is InChI=1S/C17H24N4O/c1-19-9-5-6-12(11-19)21-16-15(10-18-20(16)2)13-7-3-4-8-14(13)17(21)22/h10,12H,3-9,11H2,1-2H3. The first-order valence-electron chi connectivity index (χ1n) is 8.43. The molecular weight excluding hydrogens is 276 g/mol. The molecule has 1 aliphatic carbocycles. The second-order valence-corrected chi connectivity index (χ2v) is 6.90. The van der Waals surface area contributed by atoms with E-state index in [1.54, 1.807) is 0 Å². The molecule has 0 spiro atoms. The van der Waals surface area contributed by atoms with Crippen molar-refractivity contribution >= 4 is 11.0 Å². The van der Waals surface area contributed by atoms with Gasteiger partial charge in [0.05, 0.1) is 12.2 Å². The molecule has 0 amide bonds. The molecular formula is C17H24N4O. The van der Waals surface area contributed by atoms with Gasteiger partial charge in [0, 0.05) is 24.5 Å². The molecule has 2 aromatic heterocycles. The molecule has 22 heavy (non-hydrogen) atoms. The SMILES string of the molecule is CN1CCCC(n2c(=O)c3c(c4cnn(C)c42)CCCC3)C1. The first-order valence-corrected chi connectivity index (χ1v) is 8.43. The number of pyridine rings is 1. The minimum Gasteiger partial charge on any atom is -0.304 e. The number of hydrogen-bond acceptors (Lipinski definition) is 3. The van der Waals surface area contributed by atoms with Gasteiger partial charge in [-0.3, -0.25) is 14.0 Å². The first kappa shape index (κ1) is 14.0. The maximum Gasteiger partial charge on any atom is 0.255 e. The van der Waals surface area contributed by atoms with Crippen LogP contribution >= 0.6 is 0 Å². The lowest BCUT2D eigenvalue weighted by Crippen LogP contribution is -2.39. The van der Waals surface area contributed by atoms with Crippen LogP contribution in [0.2, 0.25) is 0 Å². The zero-order valence-corrected chi connectivity index (χ0v) is 13.5. The van der Waals surface area contributed by atoms with Crippen LogP contribution < -0.4 is 5.56 Å². The fourth-order valence-electron chi connectivity index (χ4n) is 4.30. The highest BCUT2D eigenvalue weighted by atomic mass is 16.1. The van der Waals surface area contributed by atoms with Crippen molar-refractivity contribution in [2.24, 2.45) is 7.05 Å². The highest BCUT2D eigenvalue weighted by Crippen LogP contribution is 2.30. The van der Waals surface area contributed by atoms with E-state index in [0.29, 0.717) is 0 Å². The predicted octanol–water partition coefficient (Wildman–Crippen LogP) is 1.88. The Morgan fingerprint density at radius 2 is 1.91 bits per heavy atom. The van der Waals surface area contributed by atoms with Gasteiger partial charge in [-0.15, -0.1) is 0 Å². The monoisotopic (exact) mass is 300 g/mol. The Morgan fingerprint density at radius 1 is 1.14 bits per heavy atom. The van der Waals surface area contributed by atoms with Crippen LogP contribution in [0.3, 0.4) is 0 Å². The van der Waals surface area contributed by atoms with Gasteiger partial charge in [-0.2, -0.15) is 5.10 Å². The number of nitrogens with zero attached hydrogens (tertiary/aromatic N) is 4. The minimum atomic E-state index is 0.242. The molecule has 1 fully saturated rings. The summed E-state index contributed by atoms with van der Waals surface area (Å²) >= 11 is 0. The van der Waals surface area contributed by atoms with E-state index in [2.05, 4.69) is 21.6 Å². The zero-order chi connectivity index (χ0) is 15.3. The maximum absolute atomic E-state index is 13.2. The fraction of sp³-hybridized carbons (Fsp3) is 0.647. The molecule has 1 aliphatic heterocycles. The van der Waals surface area contributed by atoms with Crippen LogP contribution in [0, 0.1) is 0 Å². The van der Waals surface area contributed by atoms with Gasteiger partial charge in [-0.1, -0.05) is 0 Å². The maximum atomic E-state index is 13.2. The van der Waals surface area contributed by atoms with Gasteiger partial charge < -0.3 is 4.90 Å². The number of piperidine rings is 1. The summed E-state index contributed by atoms with van der Waals surface area (Å²) in [7, 11) is 4.11. The summed E-state index contributed by atoms with van der Waals surface area (Å²) in [6.45, 7) is 2.09. The van der Waals surface area contributed by atoms with Crippen LogP contribution in [0.4, 0.5) is 0 Å². The summed E-state index contributed by atoms with van der Waals surface area (Å²) in [4.78, 5) is 15.5. The lowest BCUT2D eigenvalue weighted by atomic mass is 9.90. The molecule has 1 saturated heterocycles. The molecule has 0 radical (unpaired) electrons. The number of aryl methyl sites for hydroxylation is 2. The second kappa shape index (κ2) is 5.23. The van der Waals surface area contributed by atoms with E-state index in [1.165, 1.54) is 17.4 Å². The van der Waals surface area contributed by atoms with Crippen molar-refractivity contribution in [3.63, 3.8) is 0 Å². The topological polar surface area (TPSA) is 43.1 Å².